The number of ether oxygens (including phenoxy) is 1. The largest absolute Gasteiger partial charge is 0.393 e. The third kappa shape index (κ3) is 2.23. The smallest absolute Gasteiger partial charge is 0.330 e. The number of aliphatic hydroxyl groups is 1. The molecular weight excluding hydrogens is 260 g/mol. The van der Waals surface area contributed by atoms with Gasteiger partial charge in [0.05, 0.1) is 12.5 Å². The number of hydrogen-bond acceptors (Lipinski definition) is 4. The van der Waals surface area contributed by atoms with Crippen molar-refractivity contribution in [3.63, 3.8) is 0 Å². The molecule has 100 valence electrons. The molecule has 0 spiro atoms. The van der Waals surface area contributed by atoms with Gasteiger partial charge in [0.15, 0.2) is 0 Å². The van der Waals surface area contributed by atoms with Crippen LogP contribution in [0.2, 0.25) is 0 Å². The van der Waals surface area contributed by atoms with Crippen LogP contribution in [0.1, 0.15) is 24.6 Å². The van der Waals surface area contributed by atoms with E-state index in [4.69, 9.17) is 16.3 Å². The van der Waals surface area contributed by atoms with Crippen molar-refractivity contribution in [2.24, 2.45) is 0 Å². The van der Waals surface area contributed by atoms with Crippen LogP contribution in [0.15, 0.2) is 15.8 Å². The highest BCUT2D eigenvalue weighted by Crippen LogP contribution is 2.36. The van der Waals surface area contributed by atoms with Gasteiger partial charge in [-0.05, 0) is 19.8 Å². The molecule has 7 heteroatoms. The second kappa shape index (κ2) is 4.87. The second-order valence-electron chi connectivity index (χ2n) is 4.56. The van der Waals surface area contributed by atoms with E-state index in [1.165, 1.54) is 10.8 Å². The maximum Gasteiger partial charge on any atom is 0.330 e. The summed E-state index contributed by atoms with van der Waals surface area (Å²) < 4.78 is 7.00. The van der Waals surface area contributed by atoms with Gasteiger partial charge in [0.25, 0.3) is 5.56 Å². The number of H-pyrrole nitrogens is 1. The molecule has 2 heterocycles. The SMILES string of the molecule is Cc1cn([C@H]2CC[C@](CO)(CCl)O2)c(=O)[nH]c1=O. The van der Waals surface area contributed by atoms with Crippen molar-refractivity contribution in [2.45, 2.75) is 31.6 Å². The fraction of sp³-hybridized carbons (Fsp3) is 0.636. The highest BCUT2D eigenvalue weighted by atomic mass is 35.5. The average molecular weight is 275 g/mol. The molecule has 1 aliphatic rings. The molecule has 6 nitrogen and oxygen atoms in total. The summed E-state index contributed by atoms with van der Waals surface area (Å²) in [7, 11) is 0. The van der Waals surface area contributed by atoms with Gasteiger partial charge in [-0.2, -0.15) is 0 Å². The average Bonchev–Trinajstić information content (AvgIpc) is 2.79. The van der Waals surface area contributed by atoms with Crippen molar-refractivity contribution in [1.29, 1.82) is 0 Å². The molecule has 0 radical (unpaired) electrons. The second-order valence-corrected chi connectivity index (χ2v) is 4.83. The minimum absolute atomic E-state index is 0.164. The Balaban J connectivity index is 2.33. The molecule has 1 aromatic heterocycles. The Morgan fingerprint density at radius 2 is 2.39 bits per heavy atom. The predicted molar refractivity (Wildman–Crippen MR) is 66.0 cm³/mol. The lowest BCUT2D eigenvalue weighted by Gasteiger charge is -2.24. The molecule has 0 unspecified atom stereocenters. The molecule has 0 amide bonds. The highest BCUT2D eigenvalue weighted by molar-refractivity contribution is 6.18. The number of nitrogens with zero attached hydrogens (tertiary/aromatic N) is 1. The van der Waals surface area contributed by atoms with E-state index < -0.39 is 23.1 Å². The Kier molecular flexibility index (Phi) is 3.61. The number of halogens is 1. The third-order valence-electron chi connectivity index (χ3n) is 3.22. The van der Waals surface area contributed by atoms with Gasteiger partial charge in [-0.3, -0.25) is 14.3 Å². The standard InChI is InChI=1S/C11H15ClN2O4/c1-7-4-14(10(17)13-9(7)16)8-2-3-11(5-12,6-15)18-8/h4,8,15H,2-3,5-6H2,1H3,(H,13,16,17)/t8-,11-/m1/s1. The first-order valence-electron chi connectivity index (χ1n) is 5.68. The van der Waals surface area contributed by atoms with E-state index in [-0.39, 0.29) is 12.5 Å². The zero-order chi connectivity index (χ0) is 13.3. The van der Waals surface area contributed by atoms with Crippen LogP contribution < -0.4 is 11.2 Å². The van der Waals surface area contributed by atoms with Gasteiger partial charge in [0, 0.05) is 11.8 Å². The first kappa shape index (κ1) is 13.3. The van der Waals surface area contributed by atoms with E-state index in [0.29, 0.717) is 18.4 Å². The zero-order valence-corrected chi connectivity index (χ0v) is 10.7. The molecule has 1 aliphatic heterocycles. The third-order valence-corrected chi connectivity index (χ3v) is 3.71. The van der Waals surface area contributed by atoms with Crippen molar-refractivity contribution < 1.29 is 9.84 Å². The fourth-order valence-electron chi connectivity index (χ4n) is 2.05. The van der Waals surface area contributed by atoms with E-state index in [1.807, 2.05) is 0 Å². The quantitative estimate of drug-likeness (QED) is 0.767. The number of aromatic amines is 1. The lowest BCUT2D eigenvalue weighted by atomic mass is 10.0. The van der Waals surface area contributed by atoms with Gasteiger partial charge >= 0.3 is 5.69 Å². The number of alkyl halides is 1. The zero-order valence-electron chi connectivity index (χ0n) is 9.98. The Bertz CT molecular complexity index is 547. The lowest BCUT2D eigenvalue weighted by molar-refractivity contribution is -0.0860. The summed E-state index contributed by atoms with van der Waals surface area (Å²) in [5.74, 6) is 0.164. The molecule has 2 atom stereocenters. The van der Waals surface area contributed by atoms with Crippen LogP contribution in [-0.4, -0.2) is 32.7 Å². The summed E-state index contributed by atoms with van der Waals surface area (Å²) >= 11 is 5.78. The highest BCUT2D eigenvalue weighted by Gasteiger charge is 2.40. The molecule has 0 bridgehead atoms. The number of rotatable bonds is 3. The van der Waals surface area contributed by atoms with E-state index in [2.05, 4.69) is 4.98 Å². The molecule has 1 aromatic rings. The molecule has 1 fully saturated rings. The van der Waals surface area contributed by atoms with Crippen molar-refractivity contribution >= 4 is 11.6 Å². The minimum atomic E-state index is -0.796. The normalized spacial score (nSPS) is 27.6. The summed E-state index contributed by atoms with van der Waals surface area (Å²) in [5.41, 5.74) is -1.28. The van der Waals surface area contributed by atoms with Gasteiger partial charge in [0.2, 0.25) is 0 Å². The van der Waals surface area contributed by atoms with Gasteiger partial charge in [-0.1, -0.05) is 0 Å². The Labute approximate surface area is 108 Å². The van der Waals surface area contributed by atoms with Crippen LogP contribution in [0.5, 0.6) is 0 Å². The van der Waals surface area contributed by atoms with Crippen LogP contribution >= 0.6 is 11.6 Å². The molecule has 0 aromatic carbocycles. The van der Waals surface area contributed by atoms with E-state index in [0.717, 1.165) is 0 Å². The summed E-state index contributed by atoms with van der Waals surface area (Å²) in [5, 5.41) is 9.29. The van der Waals surface area contributed by atoms with Crippen LogP contribution in [0.25, 0.3) is 0 Å². The topological polar surface area (TPSA) is 84.3 Å². The molecule has 0 saturated carbocycles. The number of nitrogens with one attached hydrogen (secondary N) is 1. The lowest BCUT2D eigenvalue weighted by Crippen LogP contribution is -2.38. The predicted octanol–water partition coefficient (Wildman–Crippen LogP) is 0.124. The number of hydrogen-bond donors (Lipinski definition) is 2. The van der Waals surface area contributed by atoms with Crippen LogP contribution in [0, 0.1) is 6.92 Å². The van der Waals surface area contributed by atoms with E-state index in [1.54, 1.807) is 6.92 Å². The molecule has 0 aliphatic carbocycles. The number of aliphatic hydroxyl groups excluding tert-OH is 1. The van der Waals surface area contributed by atoms with E-state index in [9.17, 15) is 14.7 Å². The molecule has 2 rings (SSSR count). The van der Waals surface area contributed by atoms with Gasteiger partial charge < -0.3 is 9.84 Å². The molecule has 1 saturated heterocycles. The summed E-state index contributed by atoms with van der Waals surface area (Å²) in [4.78, 5) is 25.2. The Morgan fingerprint density at radius 1 is 1.67 bits per heavy atom. The first-order valence-corrected chi connectivity index (χ1v) is 6.21. The van der Waals surface area contributed by atoms with Gasteiger partial charge in [-0.15, -0.1) is 11.6 Å². The Hall–Kier alpha value is -1.11. The van der Waals surface area contributed by atoms with Crippen LogP contribution in [-0.2, 0) is 4.74 Å². The van der Waals surface area contributed by atoms with E-state index >= 15 is 0 Å². The summed E-state index contributed by atoms with van der Waals surface area (Å²) in [6.07, 6.45) is 2.10. The molecule has 18 heavy (non-hydrogen) atoms. The molecular formula is C11H15ClN2O4. The fourth-order valence-corrected chi connectivity index (χ4v) is 2.33. The minimum Gasteiger partial charge on any atom is -0.393 e. The van der Waals surface area contributed by atoms with Crippen LogP contribution in [0.4, 0.5) is 0 Å². The van der Waals surface area contributed by atoms with Crippen molar-refractivity contribution in [1.82, 2.24) is 9.55 Å². The Morgan fingerprint density at radius 3 is 2.94 bits per heavy atom. The van der Waals surface area contributed by atoms with Crippen LogP contribution in [0.3, 0.4) is 0 Å². The van der Waals surface area contributed by atoms with Gasteiger partial charge in [0.1, 0.15) is 11.8 Å². The maximum atomic E-state index is 11.7. The summed E-state index contributed by atoms with van der Waals surface area (Å²) in [6, 6.07) is 0. The maximum absolute atomic E-state index is 11.7. The van der Waals surface area contributed by atoms with Gasteiger partial charge in [-0.25, -0.2) is 4.79 Å². The van der Waals surface area contributed by atoms with Crippen molar-refractivity contribution in [2.75, 3.05) is 12.5 Å². The molecule has 2 N–H and O–H groups in total. The number of aromatic nitrogens is 2. The van der Waals surface area contributed by atoms with Crippen molar-refractivity contribution in [3.05, 3.63) is 32.6 Å². The first-order chi connectivity index (χ1) is 8.51. The monoisotopic (exact) mass is 274 g/mol. The number of aryl methyl sites for hydroxylation is 1. The van der Waals surface area contributed by atoms with Crippen molar-refractivity contribution in [3.8, 4) is 0 Å². The summed E-state index contributed by atoms with van der Waals surface area (Å²) in [6.45, 7) is 1.43.